The van der Waals surface area contributed by atoms with Gasteiger partial charge in [0.2, 0.25) is 5.78 Å². The van der Waals surface area contributed by atoms with Gasteiger partial charge in [0.15, 0.2) is 0 Å². The van der Waals surface area contributed by atoms with Gasteiger partial charge in [-0.2, -0.15) is 0 Å². The lowest BCUT2D eigenvalue weighted by Crippen LogP contribution is -3.05. The predicted octanol–water partition coefficient (Wildman–Crippen LogP) is 1.70. The van der Waals surface area contributed by atoms with Crippen molar-refractivity contribution in [2.24, 2.45) is 0 Å². The number of amides is 1. The SMILES string of the molecule is Cc1nc2ccccn2c1C([O-])=C1C(=O)C(=O)N(CCC[NH+](C)C)C1c1ccc(C(C)(C)C)cc1. The molecule has 1 atom stereocenters. The lowest BCUT2D eigenvalue weighted by atomic mass is 9.85. The van der Waals surface area contributed by atoms with Crippen molar-refractivity contribution in [3.05, 3.63) is 76.7 Å². The molecule has 1 amide bonds. The fraction of sp³-hybridized carbons (Fsp3) is 0.393. The van der Waals surface area contributed by atoms with Gasteiger partial charge in [-0.15, -0.1) is 0 Å². The summed E-state index contributed by atoms with van der Waals surface area (Å²) in [5.41, 5.74) is 3.36. The van der Waals surface area contributed by atoms with Gasteiger partial charge in [-0.3, -0.25) is 9.59 Å². The van der Waals surface area contributed by atoms with Gasteiger partial charge in [-0.05, 0) is 35.6 Å². The second-order valence-electron chi connectivity index (χ2n) is 10.6. The number of likely N-dealkylation sites (tertiary alicyclic amines) is 1. The normalized spacial score (nSPS) is 18.3. The van der Waals surface area contributed by atoms with E-state index in [9.17, 15) is 14.7 Å². The molecule has 184 valence electrons. The van der Waals surface area contributed by atoms with E-state index in [1.807, 2.05) is 56.6 Å². The summed E-state index contributed by atoms with van der Waals surface area (Å²) in [6, 6.07) is 12.7. The Balaban J connectivity index is 1.87. The summed E-state index contributed by atoms with van der Waals surface area (Å²) in [4.78, 5) is 33.8. The molecule has 1 saturated heterocycles. The van der Waals surface area contributed by atoms with E-state index in [4.69, 9.17) is 0 Å². The number of hydrogen-bond acceptors (Lipinski definition) is 4. The van der Waals surface area contributed by atoms with Gasteiger partial charge in [-0.25, -0.2) is 4.98 Å². The van der Waals surface area contributed by atoms with Gasteiger partial charge in [0, 0.05) is 24.7 Å². The van der Waals surface area contributed by atoms with Gasteiger partial charge in [0.05, 0.1) is 38.1 Å². The van der Waals surface area contributed by atoms with Crippen LogP contribution >= 0.6 is 0 Å². The molecule has 0 saturated carbocycles. The van der Waals surface area contributed by atoms with Crippen molar-refractivity contribution in [1.29, 1.82) is 0 Å². The van der Waals surface area contributed by atoms with Gasteiger partial charge in [0.1, 0.15) is 5.65 Å². The molecule has 2 aromatic heterocycles. The average Bonchev–Trinajstić information content (AvgIpc) is 3.26. The number of pyridine rings is 1. The summed E-state index contributed by atoms with van der Waals surface area (Å²) in [7, 11) is 4.10. The first-order chi connectivity index (χ1) is 16.5. The number of quaternary nitrogens is 1. The third kappa shape index (κ3) is 4.60. The zero-order valence-electron chi connectivity index (χ0n) is 21.4. The molecule has 1 aliphatic rings. The molecule has 0 bridgehead atoms. The Morgan fingerprint density at radius 1 is 1.09 bits per heavy atom. The molecule has 1 aliphatic heterocycles. The molecule has 4 rings (SSSR count). The van der Waals surface area contributed by atoms with Gasteiger partial charge in [-0.1, -0.05) is 56.9 Å². The molecule has 1 N–H and O–H groups in total. The smallest absolute Gasteiger partial charge is 0.295 e. The van der Waals surface area contributed by atoms with Crippen LogP contribution in [-0.4, -0.2) is 53.2 Å². The zero-order chi connectivity index (χ0) is 25.5. The first kappa shape index (κ1) is 24.7. The average molecular weight is 475 g/mol. The Bertz CT molecular complexity index is 1300. The Kier molecular flexibility index (Phi) is 6.56. The number of carbonyl (C=O) groups is 2. The number of imidazole rings is 1. The number of fused-ring (bicyclic) bond motifs is 1. The number of hydrogen-bond donors (Lipinski definition) is 1. The maximum absolute atomic E-state index is 13.9. The number of aromatic nitrogens is 2. The van der Waals surface area contributed by atoms with Crippen LogP contribution in [0.5, 0.6) is 0 Å². The lowest BCUT2D eigenvalue weighted by molar-refractivity contribution is -0.858. The third-order valence-electron chi connectivity index (χ3n) is 6.62. The number of carbonyl (C=O) groups excluding carboxylic acids is 2. The van der Waals surface area contributed by atoms with E-state index in [-0.39, 0.29) is 11.0 Å². The van der Waals surface area contributed by atoms with Crippen molar-refractivity contribution in [2.75, 3.05) is 27.2 Å². The summed E-state index contributed by atoms with van der Waals surface area (Å²) in [5, 5.41) is 13.9. The minimum Gasteiger partial charge on any atom is -0.871 e. The molecule has 7 nitrogen and oxygen atoms in total. The third-order valence-corrected chi connectivity index (χ3v) is 6.62. The molecule has 35 heavy (non-hydrogen) atoms. The number of nitrogens with zero attached hydrogens (tertiary/aromatic N) is 3. The molecule has 7 heteroatoms. The van der Waals surface area contributed by atoms with Gasteiger partial charge >= 0.3 is 0 Å². The highest BCUT2D eigenvalue weighted by Gasteiger charge is 2.44. The van der Waals surface area contributed by atoms with Crippen molar-refractivity contribution in [3.8, 4) is 0 Å². The largest absolute Gasteiger partial charge is 0.871 e. The quantitative estimate of drug-likeness (QED) is 0.335. The summed E-state index contributed by atoms with van der Waals surface area (Å²) in [6.07, 6.45) is 2.49. The topological polar surface area (TPSA) is 82.2 Å². The first-order valence-electron chi connectivity index (χ1n) is 12.1. The van der Waals surface area contributed by atoms with Crippen molar-refractivity contribution >= 4 is 23.1 Å². The first-order valence-corrected chi connectivity index (χ1v) is 12.1. The van der Waals surface area contributed by atoms with Crippen LogP contribution in [0.4, 0.5) is 0 Å². The van der Waals surface area contributed by atoms with Crippen LogP contribution in [0.3, 0.4) is 0 Å². The minimum atomic E-state index is -0.720. The highest BCUT2D eigenvalue weighted by molar-refractivity contribution is 6.46. The van der Waals surface area contributed by atoms with Crippen LogP contribution in [0.15, 0.2) is 54.2 Å². The molecule has 3 aromatic rings. The van der Waals surface area contributed by atoms with Crippen LogP contribution in [0.1, 0.15) is 55.7 Å². The molecular formula is C28H34N4O3. The van der Waals surface area contributed by atoms with Crippen molar-refractivity contribution in [2.45, 2.75) is 45.6 Å². The second kappa shape index (κ2) is 9.30. The maximum Gasteiger partial charge on any atom is 0.295 e. The highest BCUT2D eigenvalue weighted by atomic mass is 16.3. The molecular weight excluding hydrogens is 440 g/mol. The zero-order valence-corrected chi connectivity index (χ0v) is 21.4. The van der Waals surface area contributed by atoms with Crippen LogP contribution in [0, 0.1) is 6.92 Å². The lowest BCUT2D eigenvalue weighted by Gasteiger charge is -2.28. The molecule has 1 aromatic carbocycles. The van der Waals surface area contributed by atoms with Crippen molar-refractivity contribution in [1.82, 2.24) is 14.3 Å². The minimum absolute atomic E-state index is 0.00413. The van der Waals surface area contributed by atoms with E-state index in [0.29, 0.717) is 23.6 Å². The summed E-state index contributed by atoms with van der Waals surface area (Å²) < 4.78 is 1.69. The predicted molar refractivity (Wildman–Crippen MR) is 134 cm³/mol. The summed E-state index contributed by atoms with van der Waals surface area (Å²) in [6.45, 7) is 9.42. The standard InChI is InChI=1S/C28H34N4O3/c1-18-23(31-16-8-7-10-21(31)29-18)25(33)22-24(19-11-13-20(14-12-19)28(2,3)4)32(27(35)26(22)34)17-9-15-30(5)6/h7-8,10-14,16,24,33H,9,15,17H2,1-6H3. The number of Topliss-reactive ketones (excluding diaryl/α,β-unsaturated/α-hetero) is 1. The van der Waals surface area contributed by atoms with Crippen LogP contribution in [-0.2, 0) is 15.0 Å². The number of benzene rings is 1. The maximum atomic E-state index is 13.9. The van der Waals surface area contributed by atoms with Crippen LogP contribution in [0.25, 0.3) is 11.4 Å². The Morgan fingerprint density at radius 2 is 1.77 bits per heavy atom. The Morgan fingerprint density at radius 3 is 2.40 bits per heavy atom. The van der Waals surface area contributed by atoms with E-state index >= 15 is 0 Å². The molecule has 3 heterocycles. The molecule has 1 fully saturated rings. The van der Waals surface area contributed by atoms with Gasteiger partial charge in [0.25, 0.3) is 5.91 Å². The van der Waals surface area contributed by atoms with E-state index in [0.717, 1.165) is 24.1 Å². The molecule has 0 radical (unpaired) electrons. The monoisotopic (exact) mass is 474 g/mol. The van der Waals surface area contributed by atoms with Gasteiger partial charge < -0.3 is 19.3 Å². The van der Waals surface area contributed by atoms with E-state index in [1.165, 1.54) is 4.90 Å². The number of nitrogens with one attached hydrogen (secondary N) is 1. The Hall–Kier alpha value is -3.45. The van der Waals surface area contributed by atoms with Crippen LogP contribution in [0.2, 0.25) is 0 Å². The van der Waals surface area contributed by atoms with E-state index in [2.05, 4.69) is 25.8 Å². The fourth-order valence-electron chi connectivity index (χ4n) is 4.73. The highest BCUT2D eigenvalue weighted by Crippen LogP contribution is 2.39. The fourth-order valence-corrected chi connectivity index (χ4v) is 4.73. The summed E-state index contributed by atoms with van der Waals surface area (Å²) in [5.74, 6) is -1.77. The molecule has 1 unspecified atom stereocenters. The second-order valence-corrected chi connectivity index (χ2v) is 10.6. The van der Waals surface area contributed by atoms with E-state index < -0.39 is 23.5 Å². The number of rotatable bonds is 6. The van der Waals surface area contributed by atoms with Crippen LogP contribution < -0.4 is 10.0 Å². The molecule has 0 spiro atoms. The van der Waals surface area contributed by atoms with E-state index in [1.54, 1.807) is 22.4 Å². The number of aryl methyl sites for hydroxylation is 1. The van der Waals surface area contributed by atoms with Crippen molar-refractivity contribution < 1.29 is 19.6 Å². The molecule has 0 aliphatic carbocycles. The summed E-state index contributed by atoms with van der Waals surface area (Å²) >= 11 is 0. The Labute approximate surface area is 206 Å². The number of ketones is 1. The van der Waals surface area contributed by atoms with Crippen molar-refractivity contribution in [3.63, 3.8) is 0 Å².